The van der Waals surface area contributed by atoms with Crippen LogP contribution in [-0.4, -0.2) is 24.3 Å². The molecule has 0 unspecified atom stereocenters. The number of piperidine rings is 1. The van der Waals surface area contributed by atoms with E-state index in [0.717, 1.165) is 36.2 Å². The van der Waals surface area contributed by atoms with Crippen LogP contribution in [0.1, 0.15) is 51.3 Å². The quantitative estimate of drug-likeness (QED) is 0.609. The number of furan rings is 1. The summed E-state index contributed by atoms with van der Waals surface area (Å²) in [4.78, 5) is 39.0. The highest BCUT2D eigenvalue weighted by Gasteiger charge is 2.19. The van der Waals surface area contributed by atoms with Crippen molar-refractivity contribution in [3.63, 3.8) is 0 Å². The summed E-state index contributed by atoms with van der Waals surface area (Å²) in [7, 11) is 0. The van der Waals surface area contributed by atoms with Crippen molar-refractivity contribution in [1.82, 2.24) is 5.32 Å². The normalized spacial score (nSPS) is 13.7. The molecule has 0 aliphatic carbocycles. The van der Waals surface area contributed by atoms with Crippen LogP contribution in [0.15, 0.2) is 65.3 Å². The largest absolute Gasteiger partial charge is 0.459 e. The van der Waals surface area contributed by atoms with Crippen molar-refractivity contribution in [3.05, 3.63) is 83.3 Å². The molecule has 4 rings (SSSR count). The van der Waals surface area contributed by atoms with Crippen LogP contribution in [0, 0.1) is 6.92 Å². The van der Waals surface area contributed by atoms with Crippen LogP contribution in [0.25, 0.3) is 0 Å². The van der Waals surface area contributed by atoms with Crippen LogP contribution in [0.5, 0.6) is 0 Å². The summed E-state index contributed by atoms with van der Waals surface area (Å²) in [5, 5.41) is 5.69. The van der Waals surface area contributed by atoms with Crippen LogP contribution in [-0.2, 0) is 11.3 Å². The molecule has 1 aliphatic rings. The molecular formula is C25H25N3O4. The number of amides is 3. The molecule has 0 atom stereocenters. The molecule has 0 bridgehead atoms. The van der Waals surface area contributed by atoms with Gasteiger partial charge in [-0.3, -0.25) is 14.4 Å². The van der Waals surface area contributed by atoms with E-state index in [-0.39, 0.29) is 23.5 Å². The van der Waals surface area contributed by atoms with Gasteiger partial charge in [-0.15, -0.1) is 0 Å². The fourth-order valence-electron chi connectivity index (χ4n) is 3.69. The van der Waals surface area contributed by atoms with E-state index in [9.17, 15) is 14.4 Å². The van der Waals surface area contributed by atoms with Crippen molar-refractivity contribution in [2.24, 2.45) is 0 Å². The lowest BCUT2D eigenvalue weighted by molar-refractivity contribution is -0.119. The van der Waals surface area contributed by atoms with Crippen LogP contribution in [0.3, 0.4) is 0 Å². The fraction of sp³-hybridized carbons (Fsp3) is 0.240. The second-order valence-electron chi connectivity index (χ2n) is 7.82. The molecule has 7 nitrogen and oxygen atoms in total. The first-order valence-electron chi connectivity index (χ1n) is 10.6. The lowest BCUT2D eigenvalue weighted by Crippen LogP contribution is -2.35. The van der Waals surface area contributed by atoms with Crippen molar-refractivity contribution in [3.8, 4) is 0 Å². The third kappa shape index (κ3) is 4.88. The molecule has 1 aromatic heterocycles. The second-order valence-corrected chi connectivity index (χ2v) is 7.82. The topological polar surface area (TPSA) is 91.7 Å². The maximum absolute atomic E-state index is 12.7. The Morgan fingerprint density at radius 2 is 1.91 bits per heavy atom. The highest BCUT2D eigenvalue weighted by molar-refractivity contribution is 6.04. The van der Waals surface area contributed by atoms with E-state index in [2.05, 4.69) is 10.6 Å². The number of nitrogens with zero attached hydrogens (tertiary/aromatic N) is 1. The molecule has 1 fully saturated rings. The summed E-state index contributed by atoms with van der Waals surface area (Å²) in [5.74, 6) is -0.287. The number of anilines is 2. The molecule has 2 aromatic carbocycles. The van der Waals surface area contributed by atoms with Crippen molar-refractivity contribution >= 4 is 29.1 Å². The van der Waals surface area contributed by atoms with E-state index in [1.165, 1.54) is 6.26 Å². The maximum atomic E-state index is 12.7. The van der Waals surface area contributed by atoms with Crippen LogP contribution >= 0.6 is 0 Å². The molecule has 0 saturated carbocycles. The van der Waals surface area contributed by atoms with Crippen molar-refractivity contribution in [2.75, 3.05) is 16.8 Å². The lowest BCUT2D eigenvalue weighted by atomic mass is 10.1. The fourth-order valence-corrected chi connectivity index (χ4v) is 3.69. The molecule has 1 aliphatic heterocycles. The van der Waals surface area contributed by atoms with Gasteiger partial charge < -0.3 is 20.0 Å². The van der Waals surface area contributed by atoms with Crippen molar-refractivity contribution in [1.29, 1.82) is 0 Å². The molecule has 1 saturated heterocycles. The number of carbonyl (C=O) groups is 3. The van der Waals surface area contributed by atoms with E-state index in [4.69, 9.17) is 4.42 Å². The Balaban J connectivity index is 1.41. The van der Waals surface area contributed by atoms with Gasteiger partial charge in [-0.25, -0.2) is 0 Å². The molecule has 0 radical (unpaired) electrons. The Bertz CT molecular complexity index is 1140. The van der Waals surface area contributed by atoms with Gasteiger partial charge in [0.25, 0.3) is 11.8 Å². The van der Waals surface area contributed by atoms with E-state index in [0.29, 0.717) is 24.2 Å². The average molecular weight is 431 g/mol. The minimum absolute atomic E-state index is 0.140. The standard InChI is InChI=1S/C25H25N3O4/c1-17-10-11-19(15-21(17)27-25(31)22-8-5-13-32-22)24(30)26-16-18-6-4-7-20(14-18)28-12-3-2-9-23(28)29/h4-8,10-11,13-15H,2-3,9,12,16H2,1H3,(H,26,30)(H,27,31). The van der Waals surface area contributed by atoms with Gasteiger partial charge in [0, 0.05) is 36.4 Å². The zero-order valence-electron chi connectivity index (χ0n) is 17.9. The van der Waals surface area contributed by atoms with Gasteiger partial charge in [0.1, 0.15) is 0 Å². The number of rotatable bonds is 6. The number of nitrogens with one attached hydrogen (secondary N) is 2. The van der Waals surface area contributed by atoms with Gasteiger partial charge in [0.05, 0.1) is 6.26 Å². The Kier molecular flexibility index (Phi) is 6.35. The van der Waals surface area contributed by atoms with E-state index < -0.39 is 0 Å². The molecule has 3 amide bonds. The maximum Gasteiger partial charge on any atom is 0.291 e. The zero-order chi connectivity index (χ0) is 22.5. The molecule has 3 aromatic rings. The molecule has 32 heavy (non-hydrogen) atoms. The monoisotopic (exact) mass is 431 g/mol. The molecule has 0 spiro atoms. The SMILES string of the molecule is Cc1ccc(C(=O)NCc2cccc(N3CCCCC3=O)c2)cc1NC(=O)c1ccco1. The van der Waals surface area contributed by atoms with Gasteiger partial charge >= 0.3 is 0 Å². The third-order valence-corrected chi connectivity index (χ3v) is 5.49. The first-order chi connectivity index (χ1) is 15.5. The number of carbonyl (C=O) groups excluding carboxylic acids is 3. The smallest absolute Gasteiger partial charge is 0.291 e. The van der Waals surface area contributed by atoms with Gasteiger partial charge in [0.2, 0.25) is 5.91 Å². The molecule has 164 valence electrons. The first-order valence-corrected chi connectivity index (χ1v) is 10.6. The molecule has 7 heteroatoms. The number of aryl methyl sites for hydroxylation is 1. The van der Waals surface area contributed by atoms with E-state index in [1.807, 2.05) is 36.1 Å². The van der Waals surface area contributed by atoms with Gasteiger partial charge in [-0.05, 0) is 67.3 Å². The zero-order valence-corrected chi connectivity index (χ0v) is 17.9. The lowest BCUT2D eigenvalue weighted by Gasteiger charge is -2.27. The summed E-state index contributed by atoms with van der Waals surface area (Å²) < 4.78 is 5.12. The predicted molar refractivity (Wildman–Crippen MR) is 122 cm³/mol. The first kappa shape index (κ1) is 21.4. The summed E-state index contributed by atoms with van der Waals surface area (Å²) >= 11 is 0. The second kappa shape index (κ2) is 9.51. The highest BCUT2D eigenvalue weighted by atomic mass is 16.3. The van der Waals surface area contributed by atoms with Crippen LogP contribution < -0.4 is 15.5 Å². The Labute approximate surface area is 186 Å². The Hall–Kier alpha value is -3.87. The highest BCUT2D eigenvalue weighted by Crippen LogP contribution is 2.22. The van der Waals surface area contributed by atoms with Crippen LogP contribution in [0.2, 0.25) is 0 Å². The summed E-state index contributed by atoms with van der Waals surface area (Å²) in [5.41, 5.74) is 3.59. The minimum atomic E-state index is -0.375. The predicted octanol–water partition coefficient (Wildman–Crippen LogP) is 4.29. The number of hydrogen-bond acceptors (Lipinski definition) is 4. The summed E-state index contributed by atoms with van der Waals surface area (Å²) in [6, 6.07) is 16.0. The van der Waals surface area contributed by atoms with Gasteiger partial charge in [-0.1, -0.05) is 18.2 Å². The summed E-state index contributed by atoms with van der Waals surface area (Å²) in [6.45, 7) is 2.91. The van der Waals surface area contributed by atoms with E-state index in [1.54, 1.807) is 30.3 Å². The number of benzene rings is 2. The van der Waals surface area contributed by atoms with Gasteiger partial charge in [0.15, 0.2) is 5.76 Å². The van der Waals surface area contributed by atoms with Gasteiger partial charge in [-0.2, -0.15) is 0 Å². The number of hydrogen-bond donors (Lipinski definition) is 2. The minimum Gasteiger partial charge on any atom is -0.459 e. The summed E-state index contributed by atoms with van der Waals surface area (Å²) in [6.07, 6.45) is 3.94. The molecular weight excluding hydrogens is 406 g/mol. The van der Waals surface area contributed by atoms with Crippen molar-refractivity contribution < 1.29 is 18.8 Å². The molecule has 2 heterocycles. The molecule has 2 N–H and O–H groups in total. The van der Waals surface area contributed by atoms with Crippen LogP contribution in [0.4, 0.5) is 11.4 Å². The van der Waals surface area contributed by atoms with E-state index >= 15 is 0 Å². The third-order valence-electron chi connectivity index (χ3n) is 5.49. The average Bonchev–Trinajstić information content (AvgIpc) is 3.35. The Morgan fingerprint density at radius 3 is 2.69 bits per heavy atom. The Morgan fingerprint density at radius 1 is 1.03 bits per heavy atom. The van der Waals surface area contributed by atoms with Crippen molar-refractivity contribution in [2.45, 2.75) is 32.7 Å².